The minimum Gasteiger partial charge on any atom is -0.490 e. The number of hydrogen-bond donors (Lipinski definition) is 2. The van der Waals surface area contributed by atoms with Gasteiger partial charge in [0.1, 0.15) is 12.4 Å². The highest BCUT2D eigenvalue weighted by atomic mass is 16.5. The van der Waals surface area contributed by atoms with Gasteiger partial charge in [0, 0.05) is 18.2 Å². The Morgan fingerprint density at radius 1 is 1.27 bits per heavy atom. The molecule has 2 aliphatic rings. The van der Waals surface area contributed by atoms with Crippen LogP contribution in [0, 0.1) is 0 Å². The summed E-state index contributed by atoms with van der Waals surface area (Å²) in [5, 5.41) is 2.96. The maximum atomic E-state index is 12.0. The van der Waals surface area contributed by atoms with E-state index in [-0.39, 0.29) is 5.91 Å². The smallest absolute Gasteiger partial charge is 0.251 e. The van der Waals surface area contributed by atoms with Crippen LogP contribution in [-0.4, -0.2) is 43.1 Å². The fourth-order valence-corrected chi connectivity index (χ4v) is 2.79. The number of piperidine rings is 1. The Morgan fingerprint density at radius 2 is 2.05 bits per heavy atom. The Kier molecular flexibility index (Phi) is 4.83. The molecule has 5 heteroatoms. The van der Waals surface area contributed by atoms with Crippen LogP contribution in [0.2, 0.25) is 0 Å². The number of amides is 1. The van der Waals surface area contributed by atoms with Crippen molar-refractivity contribution in [1.82, 2.24) is 10.2 Å². The van der Waals surface area contributed by atoms with Gasteiger partial charge in [-0.2, -0.15) is 0 Å². The third-order valence-corrected chi connectivity index (χ3v) is 4.30. The van der Waals surface area contributed by atoms with E-state index in [0.717, 1.165) is 19.4 Å². The summed E-state index contributed by atoms with van der Waals surface area (Å²) in [4.78, 5) is 14.4. The van der Waals surface area contributed by atoms with Crippen LogP contribution in [0.4, 0.5) is 5.69 Å². The van der Waals surface area contributed by atoms with Crippen LogP contribution in [0.3, 0.4) is 0 Å². The zero-order valence-electron chi connectivity index (χ0n) is 13.0. The van der Waals surface area contributed by atoms with Gasteiger partial charge in [0.25, 0.3) is 5.91 Å². The topological polar surface area (TPSA) is 67.6 Å². The molecule has 0 unspecified atom stereocenters. The Bertz CT molecular complexity index is 523. The number of anilines is 1. The molecule has 1 aromatic rings. The van der Waals surface area contributed by atoms with E-state index < -0.39 is 0 Å². The van der Waals surface area contributed by atoms with Gasteiger partial charge in [-0.05, 0) is 57.0 Å². The lowest BCUT2D eigenvalue weighted by molar-refractivity contribution is 0.0951. The monoisotopic (exact) mass is 303 g/mol. The number of rotatable bonds is 6. The zero-order valence-corrected chi connectivity index (χ0v) is 13.0. The molecule has 1 heterocycles. The van der Waals surface area contributed by atoms with Crippen molar-refractivity contribution < 1.29 is 9.53 Å². The van der Waals surface area contributed by atoms with Crippen molar-refractivity contribution in [3.05, 3.63) is 23.8 Å². The van der Waals surface area contributed by atoms with E-state index >= 15 is 0 Å². The number of likely N-dealkylation sites (tertiary alicyclic amines) is 1. The molecule has 2 fully saturated rings. The summed E-state index contributed by atoms with van der Waals surface area (Å²) in [5.74, 6) is 0.619. The number of nitrogens with zero attached hydrogens (tertiary/aromatic N) is 1. The summed E-state index contributed by atoms with van der Waals surface area (Å²) in [5.41, 5.74) is 7.14. The summed E-state index contributed by atoms with van der Waals surface area (Å²) in [6, 6.07) is 5.64. The van der Waals surface area contributed by atoms with E-state index in [1.807, 2.05) is 0 Å². The number of benzene rings is 1. The molecule has 0 spiro atoms. The van der Waals surface area contributed by atoms with Crippen molar-refractivity contribution >= 4 is 11.6 Å². The molecular weight excluding hydrogens is 278 g/mol. The van der Waals surface area contributed by atoms with Crippen molar-refractivity contribution in [1.29, 1.82) is 0 Å². The standard InChI is InChI=1S/C17H25N3O2/c18-15-12-13(17(21)19-14-5-6-14)4-7-16(15)22-11-10-20-8-2-1-3-9-20/h4,7,12,14H,1-3,5-6,8-11,18H2,(H,19,21). The lowest BCUT2D eigenvalue weighted by atomic mass is 10.1. The predicted octanol–water partition coefficient (Wildman–Crippen LogP) is 2.03. The number of nitrogen functional groups attached to an aromatic ring is 1. The Balaban J connectivity index is 1.49. The van der Waals surface area contributed by atoms with Crippen LogP contribution in [-0.2, 0) is 0 Å². The normalized spacial score (nSPS) is 18.9. The average molecular weight is 303 g/mol. The number of carbonyl (C=O) groups is 1. The summed E-state index contributed by atoms with van der Waals surface area (Å²) >= 11 is 0. The quantitative estimate of drug-likeness (QED) is 0.789. The number of carbonyl (C=O) groups excluding carboxylic acids is 1. The van der Waals surface area contributed by atoms with Gasteiger partial charge in [-0.3, -0.25) is 9.69 Å². The number of ether oxygens (including phenoxy) is 1. The molecule has 3 rings (SSSR count). The van der Waals surface area contributed by atoms with E-state index in [9.17, 15) is 4.79 Å². The molecule has 3 N–H and O–H groups in total. The Labute approximate surface area is 131 Å². The van der Waals surface area contributed by atoms with Crippen molar-refractivity contribution in [2.45, 2.75) is 38.1 Å². The van der Waals surface area contributed by atoms with Gasteiger partial charge in [-0.1, -0.05) is 6.42 Å². The second kappa shape index (κ2) is 7.01. The van der Waals surface area contributed by atoms with Gasteiger partial charge < -0.3 is 15.8 Å². The SMILES string of the molecule is Nc1cc(C(=O)NC2CC2)ccc1OCCN1CCCCC1. The third-order valence-electron chi connectivity index (χ3n) is 4.30. The lowest BCUT2D eigenvalue weighted by Crippen LogP contribution is -2.33. The third kappa shape index (κ3) is 4.13. The molecule has 1 aliphatic carbocycles. The molecule has 0 radical (unpaired) electrons. The zero-order chi connectivity index (χ0) is 15.4. The highest BCUT2D eigenvalue weighted by Gasteiger charge is 2.24. The molecule has 1 aliphatic heterocycles. The maximum absolute atomic E-state index is 12.0. The van der Waals surface area contributed by atoms with Crippen LogP contribution in [0.1, 0.15) is 42.5 Å². The van der Waals surface area contributed by atoms with Crippen molar-refractivity contribution in [3.63, 3.8) is 0 Å². The first-order chi connectivity index (χ1) is 10.7. The molecule has 1 amide bonds. The van der Waals surface area contributed by atoms with Crippen LogP contribution in [0.5, 0.6) is 5.75 Å². The molecule has 5 nitrogen and oxygen atoms in total. The van der Waals surface area contributed by atoms with Gasteiger partial charge in [0.15, 0.2) is 0 Å². The Morgan fingerprint density at radius 3 is 2.73 bits per heavy atom. The van der Waals surface area contributed by atoms with Gasteiger partial charge in [0.2, 0.25) is 0 Å². The molecule has 0 atom stereocenters. The van der Waals surface area contributed by atoms with E-state index in [4.69, 9.17) is 10.5 Å². The average Bonchev–Trinajstić information content (AvgIpc) is 3.34. The molecule has 0 aromatic heterocycles. The van der Waals surface area contributed by atoms with E-state index in [0.29, 0.717) is 29.6 Å². The van der Waals surface area contributed by atoms with Gasteiger partial charge in [0.05, 0.1) is 5.69 Å². The number of nitrogens with two attached hydrogens (primary N) is 1. The predicted molar refractivity (Wildman–Crippen MR) is 87.1 cm³/mol. The van der Waals surface area contributed by atoms with Crippen LogP contribution in [0.25, 0.3) is 0 Å². The second-order valence-electron chi connectivity index (χ2n) is 6.25. The fourth-order valence-electron chi connectivity index (χ4n) is 2.79. The first kappa shape index (κ1) is 15.2. The number of nitrogens with one attached hydrogen (secondary N) is 1. The van der Waals surface area contributed by atoms with Crippen LogP contribution in [0.15, 0.2) is 18.2 Å². The minimum absolute atomic E-state index is 0.0472. The van der Waals surface area contributed by atoms with Gasteiger partial charge in [-0.15, -0.1) is 0 Å². The lowest BCUT2D eigenvalue weighted by Gasteiger charge is -2.26. The largest absolute Gasteiger partial charge is 0.490 e. The molecule has 0 bridgehead atoms. The van der Waals surface area contributed by atoms with Gasteiger partial charge in [-0.25, -0.2) is 0 Å². The maximum Gasteiger partial charge on any atom is 0.251 e. The summed E-state index contributed by atoms with van der Waals surface area (Å²) in [7, 11) is 0. The Hall–Kier alpha value is -1.75. The minimum atomic E-state index is -0.0472. The first-order valence-corrected chi connectivity index (χ1v) is 8.28. The van der Waals surface area contributed by atoms with Crippen LogP contribution < -0.4 is 15.8 Å². The highest BCUT2D eigenvalue weighted by Crippen LogP contribution is 2.24. The second-order valence-corrected chi connectivity index (χ2v) is 6.25. The van der Waals surface area contributed by atoms with Gasteiger partial charge >= 0.3 is 0 Å². The van der Waals surface area contributed by atoms with Crippen molar-refractivity contribution in [2.24, 2.45) is 0 Å². The molecule has 120 valence electrons. The highest BCUT2D eigenvalue weighted by molar-refractivity contribution is 5.95. The van der Waals surface area contributed by atoms with Crippen molar-refractivity contribution in [2.75, 3.05) is 32.0 Å². The molecule has 1 saturated carbocycles. The molecule has 1 saturated heterocycles. The van der Waals surface area contributed by atoms with Crippen molar-refractivity contribution in [3.8, 4) is 5.75 Å². The summed E-state index contributed by atoms with van der Waals surface area (Å²) in [6.07, 6.45) is 6.08. The van der Waals surface area contributed by atoms with E-state index in [1.54, 1.807) is 18.2 Å². The van der Waals surface area contributed by atoms with E-state index in [2.05, 4.69) is 10.2 Å². The summed E-state index contributed by atoms with van der Waals surface area (Å²) in [6.45, 7) is 3.90. The molecule has 22 heavy (non-hydrogen) atoms. The fraction of sp³-hybridized carbons (Fsp3) is 0.588. The first-order valence-electron chi connectivity index (χ1n) is 8.28. The van der Waals surface area contributed by atoms with Crippen LogP contribution >= 0.6 is 0 Å². The van der Waals surface area contributed by atoms with E-state index in [1.165, 1.54) is 32.4 Å². The molecular formula is C17H25N3O2. The molecule has 1 aromatic carbocycles. The summed E-state index contributed by atoms with van der Waals surface area (Å²) < 4.78 is 5.77. The number of hydrogen-bond acceptors (Lipinski definition) is 4.